The third-order valence-corrected chi connectivity index (χ3v) is 11.0. The Kier molecular flexibility index (Phi) is 10.4. The van der Waals surface area contributed by atoms with E-state index >= 15 is 0 Å². The third-order valence-electron chi connectivity index (χ3n) is 11.0. The van der Waals surface area contributed by atoms with Crippen molar-refractivity contribution >= 4 is 11.8 Å². The van der Waals surface area contributed by atoms with Crippen LogP contribution in [0.25, 0.3) is 0 Å². The first kappa shape index (κ1) is 30.7. The number of quaternary nitrogens is 2. The fraction of sp³-hybridized carbons (Fsp3) is 0.611. The summed E-state index contributed by atoms with van der Waals surface area (Å²) < 4.78 is 2.32. The maximum Gasteiger partial charge on any atom is 0.0804 e. The minimum absolute atomic E-state index is 0.0693. The van der Waals surface area contributed by atoms with Gasteiger partial charge in [-0.25, -0.2) is 0 Å². The molecule has 1 saturated carbocycles. The van der Waals surface area contributed by atoms with Crippen molar-refractivity contribution in [2.45, 2.75) is 64.2 Å². The van der Waals surface area contributed by atoms with Crippen molar-refractivity contribution in [3.8, 4) is 0 Å². The standard InChI is InChI=1S/C36H52N4O2/c1-3-39(23-11-12-24-39)27-15-21-37-35(41)33-31(29-17-7-5-8-18-29)32(30-19-9-6-10-20-30)34(33)36(42)38-22-16-28-40(4-2)25-13-14-26-40/h5-10,17-20,31-34H,3-4,11-16,21-28H2,1-2H3. The number of benzene rings is 2. The Labute approximate surface area is 254 Å². The van der Waals surface area contributed by atoms with E-state index in [9.17, 15) is 10.2 Å². The number of hydrogen-bond acceptors (Lipinski definition) is 4. The first-order valence-corrected chi connectivity index (χ1v) is 16.7. The van der Waals surface area contributed by atoms with E-state index in [0.29, 0.717) is 13.1 Å². The van der Waals surface area contributed by atoms with Gasteiger partial charge in [0.1, 0.15) is 0 Å². The van der Waals surface area contributed by atoms with Gasteiger partial charge >= 0.3 is 0 Å². The van der Waals surface area contributed by atoms with Gasteiger partial charge in [-0.1, -0.05) is 60.7 Å². The summed E-state index contributed by atoms with van der Waals surface area (Å²) in [6.45, 7) is 15.1. The van der Waals surface area contributed by atoms with Gasteiger partial charge in [0.2, 0.25) is 0 Å². The van der Waals surface area contributed by atoms with Crippen LogP contribution in [0.4, 0.5) is 0 Å². The summed E-state index contributed by atoms with van der Waals surface area (Å²) in [4.78, 5) is 9.27. The largest absolute Gasteiger partial charge is 0.862 e. The van der Waals surface area contributed by atoms with Crippen LogP contribution >= 0.6 is 0 Å². The molecule has 6 heteroatoms. The lowest BCUT2D eigenvalue weighted by Crippen LogP contribution is -2.57. The highest BCUT2D eigenvalue weighted by Gasteiger charge is 2.51. The molecule has 2 saturated heterocycles. The average Bonchev–Trinajstić information content (AvgIpc) is 3.69. The van der Waals surface area contributed by atoms with Gasteiger partial charge in [-0.3, -0.25) is 0 Å². The van der Waals surface area contributed by atoms with E-state index < -0.39 is 11.8 Å². The normalized spacial score (nSPS) is 27.2. The SMILES string of the molecule is CC[N+]1(CCCN=C([O-])C2C(C([O-])=NCCC[N+]3(CC)CCCC3)C(c3ccccc3)C2c2ccccc2)CCCC1. The monoisotopic (exact) mass is 572 g/mol. The molecule has 3 aliphatic rings. The average molecular weight is 573 g/mol. The number of rotatable bonds is 14. The summed E-state index contributed by atoms with van der Waals surface area (Å²) in [5.74, 6) is -1.27. The maximum absolute atomic E-state index is 13.9. The summed E-state index contributed by atoms with van der Waals surface area (Å²) >= 11 is 0. The second-order valence-corrected chi connectivity index (χ2v) is 13.1. The minimum Gasteiger partial charge on any atom is -0.862 e. The molecule has 0 spiro atoms. The summed E-state index contributed by atoms with van der Waals surface area (Å²) in [5, 5.41) is 27.7. The van der Waals surface area contributed by atoms with Gasteiger partial charge < -0.3 is 29.2 Å². The first-order chi connectivity index (χ1) is 20.5. The zero-order chi connectivity index (χ0) is 29.4. The highest BCUT2D eigenvalue weighted by molar-refractivity contribution is 5.88. The molecule has 2 aromatic rings. The quantitative estimate of drug-likeness (QED) is 0.146. The number of likely N-dealkylation sites (tertiary alicyclic amines) is 2. The van der Waals surface area contributed by atoms with E-state index in [1.165, 1.54) is 51.9 Å². The second-order valence-electron chi connectivity index (χ2n) is 13.1. The Balaban J connectivity index is 1.36. The van der Waals surface area contributed by atoms with Gasteiger partial charge in [0.05, 0.1) is 52.4 Å². The van der Waals surface area contributed by atoms with Crippen LogP contribution in [-0.4, -0.2) is 86.2 Å². The Bertz CT molecular complexity index is 1080. The minimum atomic E-state index is -0.456. The van der Waals surface area contributed by atoms with Crippen LogP contribution in [0.1, 0.15) is 75.3 Å². The van der Waals surface area contributed by atoms with Crippen LogP contribution in [0.2, 0.25) is 0 Å². The molecule has 1 aliphatic carbocycles. The number of aliphatic imine (C=N–C) groups is 2. The molecule has 0 amide bonds. The zero-order valence-corrected chi connectivity index (χ0v) is 26.0. The van der Waals surface area contributed by atoms with Crippen molar-refractivity contribution in [1.29, 1.82) is 0 Å². The van der Waals surface area contributed by atoms with Gasteiger partial charge in [-0.15, -0.1) is 0 Å². The lowest BCUT2D eigenvalue weighted by atomic mass is 9.52. The molecule has 6 nitrogen and oxygen atoms in total. The van der Waals surface area contributed by atoms with Gasteiger partial charge in [0.15, 0.2) is 0 Å². The Morgan fingerprint density at radius 1 is 0.619 bits per heavy atom. The molecule has 2 heterocycles. The van der Waals surface area contributed by atoms with E-state index in [0.717, 1.165) is 59.1 Å². The maximum atomic E-state index is 13.9. The topological polar surface area (TPSA) is 70.8 Å². The molecule has 2 aromatic carbocycles. The molecule has 0 aromatic heterocycles. The molecule has 4 atom stereocenters. The molecule has 3 fully saturated rings. The Hall–Kier alpha value is -2.70. The molecule has 0 bridgehead atoms. The van der Waals surface area contributed by atoms with Gasteiger partial charge in [0, 0.05) is 63.5 Å². The van der Waals surface area contributed by atoms with Crippen LogP contribution in [0.5, 0.6) is 0 Å². The van der Waals surface area contributed by atoms with E-state index in [-0.39, 0.29) is 23.6 Å². The summed E-state index contributed by atoms with van der Waals surface area (Å²) in [5.41, 5.74) is 2.22. The molecule has 42 heavy (non-hydrogen) atoms. The fourth-order valence-corrected chi connectivity index (χ4v) is 8.35. The molecule has 2 aliphatic heterocycles. The van der Waals surface area contributed by atoms with Crippen molar-refractivity contribution in [1.82, 2.24) is 0 Å². The van der Waals surface area contributed by atoms with Crippen LogP contribution in [0, 0.1) is 11.8 Å². The van der Waals surface area contributed by atoms with Crippen molar-refractivity contribution in [2.75, 3.05) is 65.4 Å². The smallest absolute Gasteiger partial charge is 0.0804 e. The molecule has 5 rings (SSSR count). The first-order valence-electron chi connectivity index (χ1n) is 16.7. The lowest BCUT2D eigenvalue weighted by molar-refractivity contribution is -0.915. The third kappa shape index (κ3) is 6.75. The van der Waals surface area contributed by atoms with Crippen LogP contribution in [-0.2, 0) is 0 Å². The second kappa shape index (κ2) is 14.2. The van der Waals surface area contributed by atoms with E-state index in [1.807, 2.05) is 36.4 Å². The lowest BCUT2D eigenvalue weighted by Gasteiger charge is -2.56. The Morgan fingerprint density at radius 3 is 1.31 bits per heavy atom. The van der Waals surface area contributed by atoms with Crippen molar-refractivity contribution in [3.05, 3.63) is 71.8 Å². The Morgan fingerprint density at radius 2 is 0.976 bits per heavy atom. The molecule has 4 unspecified atom stereocenters. The van der Waals surface area contributed by atoms with Crippen LogP contribution in [0.3, 0.4) is 0 Å². The fourth-order valence-electron chi connectivity index (χ4n) is 8.35. The predicted molar refractivity (Wildman–Crippen MR) is 168 cm³/mol. The number of nitrogens with zero attached hydrogens (tertiary/aromatic N) is 4. The summed E-state index contributed by atoms with van der Waals surface area (Å²) in [7, 11) is 0. The van der Waals surface area contributed by atoms with Gasteiger partial charge in [-0.2, -0.15) is 0 Å². The number of hydrogen-bond donors (Lipinski definition) is 0. The van der Waals surface area contributed by atoms with Gasteiger partial charge in [-0.05, 0) is 48.6 Å². The van der Waals surface area contributed by atoms with Crippen molar-refractivity contribution in [2.24, 2.45) is 21.8 Å². The van der Waals surface area contributed by atoms with E-state index in [2.05, 4.69) is 48.1 Å². The molecule has 0 N–H and O–H groups in total. The summed E-state index contributed by atoms with van der Waals surface area (Å²) in [6.07, 6.45) is 7.05. The van der Waals surface area contributed by atoms with E-state index in [1.54, 1.807) is 0 Å². The van der Waals surface area contributed by atoms with Gasteiger partial charge in [0.25, 0.3) is 0 Å². The highest BCUT2D eigenvalue weighted by Crippen LogP contribution is 2.57. The molecule has 0 radical (unpaired) electrons. The van der Waals surface area contributed by atoms with Crippen molar-refractivity contribution < 1.29 is 19.2 Å². The molecular formula is C36H52N4O2. The van der Waals surface area contributed by atoms with Crippen molar-refractivity contribution in [3.63, 3.8) is 0 Å². The predicted octanol–water partition coefficient (Wildman–Crippen LogP) is 4.36. The molecule has 228 valence electrons. The van der Waals surface area contributed by atoms with Crippen LogP contribution < -0.4 is 10.2 Å². The van der Waals surface area contributed by atoms with Crippen LogP contribution in [0.15, 0.2) is 70.6 Å². The zero-order valence-electron chi connectivity index (χ0n) is 26.0. The summed E-state index contributed by atoms with van der Waals surface area (Å²) in [6, 6.07) is 20.6. The molecular weight excluding hydrogens is 520 g/mol. The highest BCUT2D eigenvalue weighted by atomic mass is 16.3. The van der Waals surface area contributed by atoms with E-state index in [4.69, 9.17) is 0 Å².